The molecule has 6 nitrogen and oxygen atoms in total. The normalized spacial score (nSPS) is 19.1. The molecule has 0 aliphatic carbocycles. The topological polar surface area (TPSA) is 70.2 Å². The molecule has 2 aliphatic rings. The highest BCUT2D eigenvalue weighted by atomic mass is 16.5. The molecule has 0 saturated heterocycles. The predicted octanol–water partition coefficient (Wildman–Crippen LogP) is 2.15. The number of ether oxygens (including phenoxy) is 1. The Morgan fingerprint density at radius 3 is 2.70 bits per heavy atom. The van der Waals surface area contributed by atoms with E-state index in [1.165, 1.54) is 0 Å². The number of hydrogen-bond acceptors (Lipinski definition) is 5. The van der Waals surface area contributed by atoms with Gasteiger partial charge in [-0.3, -0.25) is 5.10 Å². The van der Waals surface area contributed by atoms with Crippen molar-refractivity contribution in [2.45, 2.75) is 12.8 Å². The Morgan fingerprint density at radius 1 is 1.26 bits per heavy atom. The van der Waals surface area contributed by atoms with E-state index in [0.717, 1.165) is 34.0 Å². The summed E-state index contributed by atoms with van der Waals surface area (Å²) < 4.78 is 5.23. The van der Waals surface area contributed by atoms with E-state index in [2.05, 4.69) is 44.7 Å². The number of benzene rings is 1. The van der Waals surface area contributed by atoms with E-state index >= 15 is 0 Å². The van der Waals surface area contributed by atoms with Gasteiger partial charge in [0.1, 0.15) is 6.61 Å². The molecule has 2 N–H and O–H groups in total. The lowest BCUT2D eigenvalue weighted by Crippen LogP contribution is -2.20. The van der Waals surface area contributed by atoms with E-state index in [-0.39, 0.29) is 18.5 Å². The first-order valence-corrected chi connectivity index (χ1v) is 7.55. The number of fused-ring (bicyclic) bond motifs is 1. The average Bonchev–Trinajstić information content (AvgIpc) is 3.10. The van der Waals surface area contributed by atoms with E-state index in [0.29, 0.717) is 5.57 Å². The smallest absolute Gasteiger partial charge is 0.337 e. The molecule has 2 aromatic rings. The number of nitrogens with zero attached hydrogens (tertiary/aromatic N) is 2. The van der Waals surface area contributed by atoms with Crippen LogP contribution in [0.25, 0.3) is 0 Å². The average molecular weight is 310 g/mol. The number of rotatable bonds is 2. The van der Waals surface area contributed by atoms with Gasteiger partial charge in [-0.05, 0) is 24.6 Å². The molecule has 23 heavy (non-hydrogen) atoms. The van der Waals surface area contributed by atoms with E-state index in [1.54, 1.807) is 0 Å². The summed E-state index contributed by atoms with van der Waals surface area (Å²) in [4.78, 5) is 14.3. The Balaban J connectivity index is 1.86. The summed E-state index contributed by atoms with van der Waals surface area (Å²) in [6.07, 6.45) is 0. The van der Waals surface area contributed by atoms with Gasteiger partial charge in [-0.2, -0.15) is 5.10 Å². The largest absolute Gasteiger partial charge is 0.456 e. The van der Waals surface area contributed by atoms with Crippen molar-refractivity contribution in [3.63, 3.8) is 0 Å². The van der Waals surface area contributed by atoms with Crippen molar-refractivity contribution in [2.75, 3.05) is 30.9 Å². The third-order valence-corrected chi connectivity index (χ3v) is 4.48. The second kappa shape index (κ2) is 4.87. The summed E-state index contributed by atoms with van der Waals surface area (Å²) in [6.45, 7) is 2.26. The summed E-state index contributed by atoms with van der Waals surface area (Å²) in [7, 11) is 4.01. The minimum atomic E-state index is -0.250. The van der Waals surface area contributed by atoms with Gasteiger partial charge in [-0.1, -0.05) is 12.1 Å². The fourth-order valence-corrected chi connectivity index (χ4v) is 3.28. The molecular formula is C17H18N4O2. The number of esters is 1. The maximum Gasteiger partial charge on any atom is 0.337 e. The summed E-state index contributed by atoms with van der Waals surface area (Å²) in [5, 5.41) is 10.6. The second-order valence-electron chi connectivity index (χ2n) is 6.12. The van der Waals surface area contributed by atoms with Crippen LogP contribution in [0.3, 0.4) is 0 Å². The molecule has 1 unspecified atom stereocenters. The predicted molar refractivity (Wildman–Crippen MR) is 87.5 cm³/mol. The van der Waals surface area contributed by atoms with Crippen molar-refractivity contribution >= 4 is 17.5 Å². The quantitative estimate of drug-likeness (QED) is 0.832. The molecule has 3 heterocycles. The Labute approximate surface area is 134 Å². The van der Waals surface area contributed by atoms with Crippen molar-refractivity contribution in [3.8, 4) is 0 Å². The number of carbonyl (C=O) groups excluding carboxylic acids is 1. The molecule has 1 atom stereocenters. The van der Waals surface area contributed by atoms with Gasteiger partial charge >= 0.3 is 5.97 Å². The second-order valence-corrected chi connectivity index (χ2v) is 6.12. The third kappa shape index (κ3) is 2.02. The Bertz CT molecular complexity index is 818. The number of hydrogen-bond donors (Lipinski definition) is 2. The molecule has 0 radical (unpaired) electrons. The molecule has 0 amide bonds. The first kappa shape index (κ1) is 13.9. The zero-order valence-corrected chi connectivity index (χ0v) is 13.3. The number of aromatic amines is 1. The van der Waals surface area contributed by atoms with Crippen molar-refractivity contribution in [1.82, 2.24) is 10.2 Å². The Morgan fingerprint density at radius 2 is 2.00 bits per heavy atom. The molecule has 0 spiro atoms. The fraction of sp³-hybridized carbons (Fsp3) is 0.294. The zero-order chi connectivity index (χ0) is 16.1. The van der Waals surface area contributed by atoms with Gasteiger partial charge in [-0.25, -0.2) is 4.79 Å². The van der Waals surface area contributed by atoms with Crippen LogP contribution < -0.4 is 10.2 Å². The first-order valence-electron chi connectivity index (χ1n) is 7.55. The first-order chi connectivity index (χ1) is 11.1. The summed E-state index contributed by atoms with van der Waals surface area (Å²) in [5.74, 6) is 0.382. The number of nitrogens with one attached hydrogen (secondary N) is 2. The minimum absolute atomic E-state index is 0.147. The fourth-order valence-electron chi connectivity index (χ4n) is 3.28. The molecule has 4 rings (SSSR count). The van der Waals surface area contributed by atoms with Gasteiger partial charge in [0.25, 0.3) is 0 Å². The monoisotopic (exact) mass is 310 g/mol. The van der Waals surface area contributed by atoms with Crippen LogP contribution in [-0.2, 0) is 9.53 Å². The zero-order valence-electron chi connectivity index (χ0n) is 13.3. The van der Waals surface area contributed by atoms with E-state index in [4.69, 9.17) is 4.74 Å². The van der Waals surface area contributed by atoms with Crippen LogP contribution >= 0.6 is 0 Å². The van der Waals surface area contributed by atoms with Crippen LogP contribution in [0.4, 0.5) is 11.5 Å². The summed E-state index contributed by atoms with van der Waals surface area (Å²) >= 11 is 0. The third-order valence-electron chi connectivity index (χ3n) is 4.48. The Kier molecular flexibility index (Phi) is 2.94. The highest BCUT2D eigenvalue weighted by molar-refractivity contribution is 5.97. The van der Waals surface area contributed by atoms with Crippen molar-refractivity contribution in [3.05, 3.63) is 52.4 Å². The minimum Gasteiger partial charge on any atom is -0.456 e. The number of cyclic esters (lactones) is 1. The van der Waals surface area contributed by atoms with E-state index < -0.39 is 0 Å². The van der Waals surface area contributed by atoms with Crippen LogP contribution in [0.5, 0.6) is 0 Å². The molecule has 2 aliphatic heterocycles. The molecule has 1 aromatic heterocycles. The van der Waals surface area contributed by atoms with Gasteiger partial charge in [-0.15, -0.1) is 0 Å². The number of carbonyl (C=O) groups is 1. The highest BCUT2D eigenvalue weighted by Crippen LogP contribution is 2.44. The molecule has 0 fully saturated rings. The van der Waals surface area contributed by atoms with E-state index in [1.807, 2.05) is 21.0 Å². The summed E-state index contributed by atoms with van der Waals surface area (Å²) in [6, 6.07) is 8.26. The lowest BCUT2D eigenvalue weighted by molar-refractivity contribution is -0.136. The number of aryl methyl sites for hydroxylation is 1. The van der Waals surface area contributed by atoms with Crippen LogP contribution in [0.15, 0.2) is 35.5 Å². The molecule has 1 aromatic carbocycles. The lowest BCUT2D eigenvalue weighted by Gasteiger charge is -2.24. The van der Waals surface area contributed by atoms with Gasteiger partial charge in [0.05, 0.1) is 11.3 Å². The standard InChI is InChI=1S/C17H18N4O2/c1-9-13-14(10-4-6-11(7-5-10)21(2)3)15-12(8-23-17(15)22)18-16(13)20-19-9/h4-7,14H,8H2,1-3H3,(H2,18,19,20). The maximum atomic E-state index is 12.3. The SMILES string of the molecule is Cc1[nH]nc2c1C(c1ccc(N(C)C)cc1)C1=C(COC1=O)N2. The van der Waals surface area contributed by atoms with Crippen molar-refractivity contribution in [2.24, 2.45) is 0 Å². The molecule has 0 bridgehead atoms. The van der Waals surface area contributed by atoms with Crippen molar-refractivity contribution < 1.29 is 9.53 Å². The van der Waals surface area contributed by atoms with Crippen LogP contribution in [0.1, 0.15) is 22.7 Å². The van der Waals surface area contributed by atoms with Crippen molar-refractivity contribution in [1.29, 1.82) is 0 Å². The van der Waals surface area contributed by atoms with Crippen LogP contribution in [-0.4, -0.2) is 36.9 Å². The lowest BCUT2D eigenvalue weighted by atomic mass is 9.82. The summed E-state index contributed by atoms with van der Waals surface area (Å²) in [5.41, 5.74) is 5.67. The maximum absolute atomic E-state index is 12.3. The molecule has 0 saturated carbocycles. The number of aromatic nitrogens is 2. The van der Waals surface area contributed by atoms with Gasteiger partial charge in [0, 0.05) is 37.0 Å². The van der Waals surface area contributed by atoms with Gasteiger partial charge in [0.2, 0.25) is 0 Å². The Hall–Kier alpha value is -2.76. The molecule has 6 heteroatoms. The highest BCUT2D eigenvalue weighted by Gasteiger charge is 2.40. The number of anilines is 2. The van der Waals surface area contributed by atoms with Crippen LogP contribution in [0, 0.1) is 6.92 Å². The van der Waals surface area contributed by atoms with Crippen LogP contribution in [0.2, 0.25) is 0 Å². The molecule has 118 valence electrons. The van der Waals surface area contributed by atoms with E-state index in [9.17, 15) is 4.79 Å². The van der Waals surface area contributed by atoms with Gasteiger partial charge in [0.15, 0.2) is 5.82 Å². The van der Waals surface area contributed by atoms with Gasteiger partial charge < -0.3 is 15.0 Å². The number of H-pyrrole nitrogens is 1. The molecular weight excluding hydrogens is 292 g/mol.